The first-order valence-corrected chi connectivity index (χ1v) is 7.27. The average Bonchev–Trinajstić information content (AvgIpc) is 2.44. The molecule has 112 valence electrons. The third kappa shape index (κ3) is 4.80. The number of nitrogens with zero attached hydrogens (tertiary/aromatic N) is 1. The van der Waals surface area contributed by atoms with Gasteiger partial charge in [-0.25, -0.2) is 4.79 Å². The van der Waals surface area contributed by atoms with Crippen LogP contribution in [0.4, 0.5) is 0 Å². The molecular formula is C15H16BrNO4. The van der Waals surface area contributed by atoms with Gasteiger partial charge in [-0.2, -0.15) is 5.26 Å². The number of benzene rings is 1. The van der Waals surface area contributed by atoms with Crippen molar-refractivity contribution in [1.82, 2.24) is 0 Å². The highest BCUT2D eigenvalue weighted by Gasteiger charge is 2.13. The molecule has 1 aromatic carbocycles. The van der Waals surface area contributed by atoms with Crippen LogP contribution in [0.5, 0.6) is 11.5 Å². The van der Waals surface area contributed by atoms with Crippen LogP contribution in [0.25, 0.3) is 6.08 Å². The van der Waals surface area contributed by atoms with Gasteiger partial charge in [-0.3, -0.25) is 0 Å². The van der Waals surface area contributed by atoms with Gasteiger partial charge in [-0.05, 0) is 53.0 Å². The molecule has 0 saturated carbocycles. The smallest absolute Gasteiger partial charge is 0.346 e. The zero-order valence-corrected chi connectivity index (χ0v) is 13.4. The SMILES string of the molecule is CCCOc1c(Br)cc(C=C(C#N)C(=O)O)cc1OCC. The number of ether oxygens (including phenoxy) is 2. The van der Waals surface area contributed by atoms with E-state index in [1.165, 1.54) is 6.08 Å². The number of rotatable bonds is 7. The van der Waals surface area contributed by atoms with E-state index in [0.717, 1.165) is 6.42 Å². The van der Waals surface area contributed by atoms with Gasteiger partial charge in [0.25, 0.3) is 0 Å². The van der Waals surface area contributed by atoms with Crippen LogP contribution in [-0.2, 0) is 4.79 Å². The molecule has 0 atom stereocenters. The van der Waals surface area contributed by atoms with Crippen molar-refractivity contribution in [1.29, 1.82) is 5.26 Å². The maximum absolute atomic E-state index is 10.9. The lowest BCUT2D eigenvalue weighted by molar-refractivity contribution is -0.132. The predicted octanol–water partition coefficient (Wildman–Crippen LogP) is 3.63. The molecule has 0 unspecified atom stereocenters. The molecule has 0 aliphatic heterocycles. The van der Waals surface area contributed by atoms with Crippen LogP contribution >= 0.6 is 15.9 Å². The van der Waals surface area contributed by atoms with Crippen molar-refractivity contribution in [2.75, 3.05) is 13.2 Å². The summed E-state index contributed by atoms with van der Waals surface area (Å²) in [6, 6.07) is 4.98. The molecule has 0 heterocycles. The molecule has 0 radical (unpaired) electrons. The summed E-state index contributed by atoms with van der Waals surface area (Å²) in [5.74, 6) is -0.183. The molecule has 0 aliphatic rings. The molecule has 0 amide bonds. The molecule has 0 bridgehead atoms. The number of nitriles is 1. The zero-order chi connectivity index (χ0) is 15.8. The van der Waals surface area contributed by atoms with Crippen molar-refractivity contribution in [3.8, 4) is 17.6 Å². The molecule has 0 fully saturated rings. The van der Waals surface area contributed by atoms with Crippen molar-refractivity contribution >= 4 is 28.0 Å². The van der Waals surface area contributed by atoms with Gasteiger partial charge in [-0.1, -0.05) is 6.92 Å². The van der Waals surface area contributed by atoms with Crippen LogP contribution in [0.15, 0.2) is 22.2 Å². The minimum Gasteiger partial charge on any atom is -0.490 e. The van der Waals surface area contributed by atoms with Crippen LogP contribution in [0.1, 0.15) is 25.8 Å². The summed E-state index contributed by atoms with van der Waals surface area (Å²) < 4.78 is 11.8. The normalized spacial score (nSPS) is 10.9. The monoisotopic (exact) mass is 353 g/mol. The Balaban J connectivity index is 3.26. The van der Waals surface area contributed by atoms with Gasteiger partial charge in [-0.15, -0.1) is 0 Å². The van der Waals surface area contributed by atoms with Crippen LogP contribution in [0, 0.1) is 11.3 Å². The van der Waals surface area contributed by atoms with Crippen LogP contribution in [0.3, 0.4) is 0 Å². The summed E-state index contributed by atoms with van der Waals surface area (Å²) in [5.41, 5.74) is 0.208. The summed E-state index contributed by atoms with van der Waals surface area (Å²) in [7, 11) is 0. The van der Waals surface area contributed by atoms with Crippen LogP contribution in [0.2, 0.25) is 0 Å². The second-order valence-electron chi connectivity index (χ2n) is 4.09. The first-order chi connectivity index (χ1) is 10.0. The number of aliphatic carboxylic acids is 1. The van der Waals surface area contributed by atoms with Crippen LogP contribution < -0.4 is 9.47 Å². The molecular weight excluding hydrogens is 338 g/mol. The lowest BCUT2D eigenvalue weighted by Crippen LogP contribution is -2.02. The number of halogens is 1. The Morgan fingerprint density at radius 2 is 2.14 bits per heavy atom. The molecule has 0 saturated heterocycles. The van der Waals surface area contributed by atoms with Gasteiger partial charge in [0, 0.05) is 0 Å². The van der Waals surface area contributed by atoms with Crippen molar-refractivity contribution in [2.24, 2.45) is 0 Å². The Morgan fingerprint density at radius 3 is 2.67 bits per heavy atom. The fourth-order valence-electron chi connectivity index (χ4n) is 1.59. The van der Waals surface area contributed by atoms with Gasteiger partial charge in [0.05, 0.1) is 17.7 Å². The third-order valence-electron chi connectivity index (χ3n) is 2.44. The van der Waals surface area contributed by atoms with E-state index in [0.29, 0.717) is 34.7 Å². The maximum Gasteiger partial charge on any atom is 0.346 e. The zero-order valence-electron chi connectivity index (χ0n) is 11.9. The summed E-state index contributed by atoms with van der Waals surface area (Å²) in [6.45, 7) is 4.84. The second kappa shape index (κ2) is 8.32. The van der Waals surface area contributed by atoms with Gasteiger partial charge < -0.3 is 14.6 Å². The van der Waals surface area contributed by atoms with Crippen molar-refractivity contribution in [3.63, 3.8) is 0 Å². The highest BCUT2D eigenvalue weighted by molar-refractivity contribution is 9.10. The van der Waals surface area contributed by atoms with Crippen molar-refractivity contribution < 1.29 is 19.4 Å². The largest absolute Gasteiger partial charge is 0.490 e. The van der Waals surface area contributed by atoms with E-state index in [1.54, 1.807) is 18.2 Å². The lowest BCUT2D eigenvalue weighted by Gasteiger charge is -2.14. The summed E-state index contributed by atoms with van der Waals surface area (Å²) in [4.78, 5) is 10.9. The number of hydrogen-bond acceptors (Lipinski definition) is 4. The number of carboxylic acids is 1. The average molecular weight is 354 g/mol. The van der Waals surface area contributed by atoms with Gasteiger partial charge >= 0.3 is 5.97 Å². The summed E-state index contributed by atoms with van der Waals surface area (Å²) in [5, 5.41) is 17.7. The Kier molecular flexibility index (Phi) is 6.76. The summed E-state index contributed by atoms with van der Waals surface area (Å²) in [6.07, 6.45) is 2.15. The lowest BCUT2D eigenvalue weighted by atomic mass is 10.1. The quantitative estimate of drug-likeness (QED) is 0.598. The molecule has 1 rings (SSSR count). The van der Waals surface area contributed by atoms with E-state index in [1.807, 2.05) is 13.8 Å². The van der Waals surface area contributed by atoms with E-state index in [9.17, 15) is 4.79 Å². The molecule has 21 heavy (non-hydrogen) atoms. The standard InChI is InChI=1S/C15H16BrNO4/c1-3-5-21-14-12(16)7-10(8-13(14)20-4-2)6-11(9-17)15(18)19/h6-8H,3-5H2,1-2H3,(H,18,19). The molecule has 0 aromatic heterocycles. The number of hydrogen-bond donors (Lipinski definition) is 1. The molecule has 0 spiro atoms. The van der Waals surface area contributed by atoms with E-state index in [4.69, 9.17) is 19.8 Å². The van der Waals surface area contributed by atoms with E-state index in [2.05, 4.69) is 15.9 Å². The fourth-order valence-corrected chi connectivity index (χ4v) is 2.16. The highest BCUT2D eigenvalue weighted by atomic mass is 79.9. The maximum atomic E-state index is 10.9. The van der Waals surface area contributed by atoms with E-state index in [-0.39, 0.29) is 5.57 Å². The minimum atomic E-state index is -1.27. The van der Waals surface area contributed by atoms with Crippen molar-refractivity contribution in [2.45, 2.75) is 20.3 Å². The Labute approximate surface area is 131 Å². The second-order valence-corrected chi connectivity index (χ2v) is 4.94. The first-order valence-electron chi connectivity index (χ1n) is 6.47. The van der Waals surface area contributed by atoms with Gasteiger partial charge in [0.1, 0.15) is 11.6 Å². The molecule has 6 heteroatoms. The Bertz CT molecular complexity index is 590. The molecule has 5 nitrogen and oxygen atoms in total. The minimum absolute atomic E-state index is 0.341. The Hall–Kier alpha value is -2.00. The fraction of sp³-hybridized carbons (Fsp3) is 0.333. The summed E-state index contributed by atoms with van der Waals surface area (Å²) >= 11 is 3.38. The number of carbonyl (C=O) groups is 1. The molecule has 0 aliphatic carbocycles. The van der Waals surface area contributed by atoms with Crippen LogP contribution in [-0.4, -0.2) is 24.3 Å². The molecule has 1 N–H and O–H groups in total. The van der Waals surface area contributed by atoms with Crippen molar-refractivity contribution in [3.05, 3.63) is 27.7 Å². The first kappa shape index (κ1) is 17.1. The van der Waals surface area contributed by atoms with Gasteiger partial charge in [0.15, 0.2) is 11.5 Å². The highest BCUT2D eigenvalue weighted by Crippen LogP contribution is 2.37. The molecule has 1 aromatic rings. The van der Waals surface area contributed by atoms with E-state index < -0.39 is 5.97 Å². The predicted molar refractivity (Wildman–Crippen MR) is 82.3 cm³/mol. The number of carboxylic acid groups (broad SMARTS) is 1. The Morgan fingerprint density at radius 1 is 1.43 bits per heavy atom. The topological polar surface area (TPSA) is 79.5 Å². The van der Waals surface area contributed by atoms with Gasteiger partial charge in [0.2, 0.25) is 0 Å². The van der Waals surface area contributed by atoms with E-state index >= 15 is 0 Å². The third-order valence-corrected chi connectivity index (χ3v) is 3.03.